The molecule has 2 radical (unpaired) electrons. The van der Waals surface area contributed by atoms with Crippen molar-refractivity contribution < 1.29 is 19.5 Å². The molecule has 0 unspecified atom stereocenters. The molecule has 3 amide bonds. The number of hydrogen-bond donors (Lipinski definition) is 4. The second-order valence-electron chi connectivity index (χ2n) is 8.22. The number of carbonyl (C=O) groups is 3. The average Bonchev–Trinajstić information content (AvgIpc) is 3.03. The van der Waals surface area contributed by atoms with Crippen molar-refractivity contribution >= 4 is 48.3 Å². The number of aliphatic imine (C=N–C) groups is 1. The van der Waals surface area contributed by atoms with Gasteiger partial charge < -0.3 is 26.0 Å². The smallest absolute Gasteiger partial charge is 0.321 e. The summed E-state index contributed by atoms with van der Waals surface area (Å²) in [5, 5.41) is 17.6. The molecule has 11 heteroatoms. The van der Waals surface area contributed by atoms with Crippen LogP contribution < -0.4 is 20.9 Å². The highest BCUT2D eigenvalue weighted by molar-refractivity contribution is 6.26. The predicted octanol–water partition coefficient (Wildman–Crippen LogP) is 1.97. The van der Waals surface area contributed by atoms with Crippen molar-refractivity contribution in [3.8, 4) is 0 Å². The van der Waals surface area contributed by atoms with Crippen LogP contribution in [0.2, 0.25) is 5.82 Å². The molecule has 3 aromatic rings. The fourth-order valence-corrected chi connectivity index (χ4v) is 3.81. The van der Waals surface area contributed by atoms with E-state index in [0.717, 1.165) is 5.69 Å². The maximum Gasteiger partial charge on any atom is 0.321 e. The van der Waals surface area contributed by atoms with Crippen LogP contribution in [0.25, 0.3) is 0 Å². The van der Waals surface area contributed by atoms with Gasteiger partial charge in [-0.2, -0.15) is 0 Å². The van der Waals surface area contributed by atoms with E-state index in [0.29, 0.717) is 28.3 Å². The Bertz CT molecular complexity index is 1330. The van der Waals surface area contributed by atoms with Crippen molar-refractivity contribution in [2.45, 2.75) is 12.0 Å². The van der Waals surface area contributed by atoms with E-state index in [2.05, 4.69) is 25.9 Å². The number of rotatable bonds is 8. The van der Waals surface area contributed by atoms with Crippen molar-refractivity contribution in [2.75, 3.05) is 35.7 Å². The van der Waals surface area contributed by atoms with Gasteiger partial charge in [0.05, 0.1) is 31.5 Å². The fraction of sp³-hybridized carbons (Fsp3) is 0.192. The predicted molar refractivity (Wildman–Crippen MR) is 142 cm³/mol. The topological polar surface area (TPSA) is 136 Å². The lowest BCUT2D eigenvalue weighted by atomic mass is 9.84. The van der Waals surface area contributed by atoms with Gasteiger partial charge in [-0.3, -0.25) is 14.6 Å². The average molecular weight is 496 g/mol. The number of carbonyl (C=O) groups excluding carboxylic acids is 3. The minimum atomic E-state index is -1.38. The maximum atomic E-state index is 13.7. The van der Waals surface area contributed by atoms with Gasteiger partial charge in [-0.1, -0.05) is 30.3 Å². The fourth-order valence-electron chi connectivity index (χ4n) is 3.81. The largest absolute Gasteiger partial charge is 0.396 e. The molecule has 2 atom stereocenters. The molecular formula is C26H25BN6O4. The molecule has 186 valence electrons. The van der Waals surface area contributed by atoms with Crippen molar-refractivity contribution in [1.82, 2.24) is 10.3 Å². The Hall–Kier alpha value is -4.51. The lowest BCUT2D eigenvalue weighted by molar-refractivity contribution is -0.123. The Morgan fingerprint density at radius 2 is 1.84 bits per heavy atom. The summed E-state index contributed by atoms with van der Waals surface area (Å²) in [4.78, 5) is 49.5. The number of aromatic nitrogens is 1. The second kappa shape index (κ2) is 11.5. The number of nitrogens with one attached hydrogen (secondary N) is 3. The Morgan fingerprint density at radius 1 is 1.08 bits per heavy atom. The van der Waals surface area contributed by atoms with E-state index in [1.165, 1.54) is 4.90 Å². The number of Topliss-reactive ketones (excluding diaryl/α,β-unsaturated/α-hetero) is 1. The van der Waals surface area contributed by atoms with Crippen LogP contribution in [-0.2, 0) is 9.59 Å². The molecule has 37 heavy (non-hydrogen) atoms. The third-order valence-electron chi connectivity index (χ3n) is 5.72. The molecule has 1 aliphatic heterocycles. The number of nitrogens with zero attached hydrogens (tertiary/aromatic N) is 3. The van der Waals surface area contributed by atoms with E-state index < -0.39 is 42.9 Å². The Labute approximate surface area is 215 Å². The summed E-state index contributed by atoms with van der Waals surface area (Å²) in [5.74, 6) is -2.34. The zero-order chi connectivity index (χ0) is 26.4. The molecule has 0 saturated carbocycles. The van der Waals surface area contributed by atoms with Crippen LogP contribution in [0.15, 0.2) is 77.9 Å². The zero-order valence-corrected chi connectivity index (χ0v) is 20.1. The summed E-state index contributed by atoms with van der Waals surface area (Å²) in [7, 11) is 7.48. The first-order chi connectivity index (χ1) is 17.9. The van der Waals surface area contributed by atoms with Gasteiger partial charge in [0.1, 0.15) is 5.78 Å². The Morgan fingerprint density at radius 3 is 2.57 bits per heavy atom. The van der Waals surface area contributed by atoms with Gasteiger partial charge in [-0.15, -0.1) is 0 Å². The first kappa shape index (κ1) is 25.6. The van der Waals surface area contributed by atoms with Crippen LogP contribution in [0.1, 0.15) is 11.3 Å². The van der Waals surface area contributed by atoms with Gasteiger partial charge in [0.25, 0.3) is 5.91 Å². The summed E-state index contributed by atoms with van der Waals surface area (Å²) in [6.07, 6.45) is 0.216. The second-order valence-corrected chi connectivity index (χ2v) is 8.22. The summed E-state index contributed by atoms with van der Waals surface area (Å²) < 4.78 is 0. The molecule has 1 aromatic heterocycles. The van der Waals surface area contributed by atoms with Gasteiger partial charge >= 0.3 is 6.03 Å². The number of para-hydroxylation sites is 1. The van der Waals surface area contributed by atoms with E-state index in [1.807, 2.05) is 6.07 Å². The minimum absolute atomic E-state index is 0.369. The van der Waals surface area contributed by atoms with Crippen LogP contribution >= 0.6 is 0 Å². The first-order valence-corrected chi connectivity index (χ1v) is 11.6. The normalized spacial score (nSPS) is 15.6. The molecule has 0 bridgehead atoms. The third-order valence-corrected chi connectivity index (χ3v) is 5.72. The number of ketones is 1. The number of hydrogen-bond acceptors (Lipinski definition) is 7. The van der Waals surface area contributed by atoms with Crippen LogP contribution in [0.4, 0.5) is 21.9 Å². The molecule has 1 aliphatic rings. The van der Waals surface area contributed by atoms with Crippen LogP contribution in [0.5, 0.6) is 0 Å². The molecule has 2 heterocycles. The zero-order valence-electron chi connectivity index (χ0n) is 20.1. The van der Waals surface area contributed by atoms with Gasteiger partial charge in [-0.25, -0.2) is 9.79 Å². The molecule has 0 aliphatic carbocycles. The first-order valence-electron chi connectivity index (χ1n) is 11.6. The molecule has 2 aromatic carbocycles. The number of benzodiazepines with no additional fused rings is 1. The number of benzene rings is 2. The lowest BCUT2D eigenvalue weighted by Gasteiger charge is -2.26. The number of anilines is 3. The van der Waals surface area contributed by atoms with Crippen molar-refractivity contribution in [2.24, 2.45) is 4.99 Å². The van der Waals surface area contributed by atoms with E-state index in [4.69, 9.17) is 7.85 Å². The number of aliphatic hydroxyl groups excluding tert-OH is 1. The van der Waals surface area contributed by atoms with Crippen LogP contribution in [0.3, 0.4) is 0 Å². The Balaban J connectivity index is 1.73. The van der Waals surface area contributed by atoms with Gasteiger partial charge in [0, 0.05) is 42.6 Å². The highest BCUT2D eigenvalue weighted by Gasteiger charge is 2.34. The molecule has 4 N–H and O–H groups in total. The quantitative estimate of drug-likeness (QED) is 0.352. The number of fused-ring (bicyclic) bond motifs is 1. The van der Waals surface area contributed by atoms with Gasteiger partial charge in [-0.05, 0) is 36.4 Å². The number of amides is 3. The van der Waals surface area contributed by atoms with E-state index in [-0.39, 0.29) is 0 Å². The summed E-state index contributed by atoms with van der Waals surface area (Å²) >= 11 is 0. The minimum Gasteiger partial charge on any atom is -0.396 e. The maximum absolute atomic E-state index is 13.7. The summed E-state index contributed by atoms with van der Waals surface area (Å²) in [6.45, 7) is -0.972. The van der Waals surface area contributed by atoms with E-state index in [9.17, 15) is 19.5 Å². The molecule has 0 spiro atoms. The van der Waals surface area contributed by atoms with Crippen molar-refractivity contribution in [3.63, 3.8) is 0 Å². The standard InChI is InChI=1S/C26H25BN6O4/c1-28-16-7-6-8-17(13-16)30-26(37)32-24-25(36)33(14-22(35)19(27)15-34)21-11-3-2-9-18(21)23(31-24)20-10-4-5-12-29-20/h2-13,19,24,28,34H,14-15H2,1H3,(H2,30,32,37)/t19-,24+/m1/s1. The Kier molecular flexibility index (Phi) is 7.94. The summed E-state index contributed by atoms with van der Waals surface area (Å²) in [6, 6.07) is 18.6. The SMILES string of the molecule is [B][C@H](CO)C(=O)CN1C(=O)[C@H](NC(=O)Nc2cccc(NC)c2)N=C(c2ccccn2)c2ccccc21. The molecule has 4 rings (SSSR count). The monoisotopic (exact) mass is 496 g/mol. The van der Waals surface area contributed by atoms with E-state index in [1.54, 1.807) is 73.9 Å². The van der Waals surface area contributed by atoms with E-state index >= 15 is 0 Å². The van der Waals surface area contributed by atoms with Crippen molar-refractivity contribution in [1.29, 1.82) is 0 Å². The lowest BCUT2D eigenvalue weighted by Crippen LogP contribution is -2.50. The number of urea groups is 1. The highest BCUT2D eigenvalue weighted by atomic mass is 16.3. The molecule has 0 saturated heterocycles. The van der Waals surface area contributed by atoms with Gasteiger partial charge in [0.15, 0.2) is 0 Å². The number of aliphatic hydroxyl groups is 1. The van der Waals surface area contributed by atoms with Crippen LogP contribution in [-0.4, -0.2) is 67.7 Å². The number of pyridine rings is 1. The van der Waals surface area contributed by atoms with Crippen molar-refractivity contribution in [3.05, 3.63) is 84.2 Å². The highest BCUT2D eigenvalue weighted by Crippen LogP contribution is 2.28. The van der Waals surface area contributed by atoms with Crippen LogP contribution in [0, 0.1) is 0 Å². The summed E-state index contributed by atoms with van der Waals surface area (Å²) in [5.41, 5.74) is 3.10. The molecular weight excluding hydrogens is 471 g/mol. The molecule has 10 nitrogen and oxygen atoms in total. The molecule has 0 fully saturated rings. The van der Waals surface area contributed by atoms with Gasteiger partial charge in [0.2, 0.25) is 6.17 Å². The third kappa shape index (κ3) is 5.84.